The van der Waals surface area contributed by atoms with Crippen molar-refractivity contribution >= 4 is 16.9 Å². The summed E-state index contributed by atoms with van der Waals surface area (Å²) in [5.74, 6) is 0.688. The molecule has 1 aromatic heterocycles. The van der Waals surface area contributed by atoms with Crippen LogP contribution in [0.1, 0.15) is 42.9 Å². The summed E-state index contributed by atoms with van der Waals surface area (Å²) in [5.41, 5.74) is 4.49. The fourth-order valence-corrected chi connectivity index (χ4v) is 4.59. The Balaban J connectivity index is 1.46. The second kappa shape index (κ2) is 7.64. The molecule has 5 heteroatoms. The predicted molar refractivity (Wildman–Crippen MR) is 108 cm³/mol. The van der Waals surface area contributed by atoms with Crippen LogP contribution in [0.2, 0.25) is 0 Å². The molecule has 2 aliphatic rings. The molecule has 0 radical (unpaired) electrons. The number of amides is 1. The van der Waals surface area contributed by atoms with Gasteiger partial charge in [-0.2, -0.15) is 0 Å². The molecule has 2 saturated heterocycles. The quantitative estimate of drug-likeness (QED) is 0.900. The molecule has 0 saturated carbocycles. The molecular formula is C22H31N3O2. The smallest absolute Gasteiger partial charge is 0.227 e. The van der Waals surface area contributed by atoms with Gasteiger partial charge in [-0.25, -0.2) is 0 Å². The third-order valence-electron chi connectivity index (χ3n) is 6.19. The largest absolute Gasteiger partial charge is 0.464 e. The van der Waals surface area contributed by atoms with Crippen molar-refractivity contribution in [3.05, 3.63) is 35.1 Å². The van der Waals surface area contributed by atoms with Gasteiger partial charge in [-0.15, -0.1) is 0 Å². The van der Waals surface area contributed by atoms with Crippen molar-refractivity contribution in [2.24, 2.45) is 0 Å². The number of hydrogen-bond acceptors (Lipinski definition) is 4. The highest BCUT2D eigenvalue weighted by molar-refractivity contribution is 5.88. The number of furan rings is 1. The molecule has 5 nitrogen and oxygen atoms in total. The molecule has 3 heterocycles. The third-order valence-corrected chi connectivity index (χ3v) is 6.19. The molecule has 0 bridgehead atoms. The van der Waals surface area contributed by atoms with E-state index in [1.165, 1.54) is 11.1 Å². The van der Waals surface area contributed by atoms with Crippen molar-refractivity contribution in [2.45, 2.75) is 45.6 Å². The maximum absolute atomic E-state index is 12.9. The number of benzene rings is 1. The lowest BCUT2D eigenvalue weighted by Crippen LogP contribution is -2.49. The van der Waals surface area contributed by atoms with Crippen LogP contribution in [0.15, 0.2) is 22.8 Å². The van der Waals surface area contributed by atoms with Gasteiger partial charge in [0.1, 0.15) is 5.58 Å². The highest BCUT2D eigenvalue weighted by atomic mass is 16.3. The summed E-state index contributed by atoms with van der Waals surface area (Å²) in [6.07, 6.45) is 3.30. The second-order valence-corrected chi connectivity index (χ2v) is 8.37. The number of carbonyl (C=O) groups is 1. The lowest BCUT2D eigenvalue weighted by Gasteiger charge is -2.32. The molecule has 1 atom stereocenters. The summed E-state index contributed by atoms with van der Waals surface area (Å²) in [6, 6.07) is 4.84. The SMILES string of the molecule is Cc1cc2occ(CC(=O)N3CCC(N4CCNCC4)C3)c2cc1C(C)C. The van der Waals surface area contributed by atoms with Gasteiger partial charge in [0.25, 0.3) is 0 Å². The molecule has 146 valence electrons. The maximum atomic E-state index is 12.9. The van der Waals surface area contributed by atoms with Crippen LogP contribution in [0.4, 0.5) is 0 Å². The van der Waals surface area contributed by atoms with Crippen LogP contribution in [0, 0.1) is 6.92 Å². The Morgan fingerprint density at radius 2 is 2.04 bits per heavy atom. The Hall–Kier alpha value is -1.85. The summed E-state index contributed by atoms with van der Waals surface area (Å²) >= 11 is 0. The lowest BCUT2D eigenvalue weighted by molar-refractivity contribution is -0.129. The van der Waals surface area contributed by atoms with Crippen LogP contribution in [0.3, 0.4) is 0 Å². The minimum Gasteiger partial charge on any atom is -0.464 e. The lowest BCUT2D eigenvalue weighted by atomic mass is 9.95. The Labute approximate surface area is 161 Å². The van der Waals surface area contributed by atoms with Crippen LogP contribution in [-0.2, 0) is 11.2 Å². The van der Waals surface area contributed by atoms with Gasteiger partial charge in [-0.05, 0) is 42.5 Å². The molecule has 2 aliphatic heterocycles. The number of likely N-dealkylation sites (tertiary alicyclic amines) is 1. The standard InChI is InChI=1S/C22H31N3O2/c1-15(2)19-12-20-17(14-27-21(20)10-16(19)3)11-22(26)25-7-4-18(13-25)24-8-5-23-6-9-24/h10,12,14-15,18,23H,4-9,11,13H2,1-3H3. The van der Waals surface area contributed by atoms with Crippen molar-refractivity contribution in [2.75, 3.05) is 39.3 Å². The van der Waals surface area contributed by atoms with Crippen LogP contribution in [-0.4, -0.2) is 61.0 Å². The summed E-state index contributed by atoms with van der Waals surface area (Å²) in [4.78, 5) is 17.5. The zero-order valence-electron chi connectivity index (χ0n) is 16.8. The average molecular weight is 370 g/mol. The summed E-state index contributed by atoms with van der Waals surface area (Å²) in [7, 11) is 0. The third kappa shape index (κ3) is 3.76. The fourth-order valence-electron chi connectivity index (χ4n) is 4.59. The number of nitrogens with one attached hydrogen (secondary N) is 1. The molecule has 1 amide bonds. The van der Waals surface area contributed by atoms with Gasteiger partial charge in [-0.3, -0.25) is 9.69 Å². The Bertz CT molecular complexity index is 820. The first-order valence-electron chi connectivity index (χ1n) is 10.3. The van der Waals surface area contributed by atoms with Gasteiger partial charge in [-0.1, -0.05) is 13.8 Å². The number of hydrogen-bond donors (Lipinski definition) is 1. The monoisotopic (exact) mass is 369 g/mol. The summed E-state index contributed by atoms with van der Waals surface area (Å²) in [6.45, 7) is 12.6. The Kier molecular flexibility index (Phi) is 5.24. The van der Waals surface area contributed by atoms with E-state index in [1.54, 1.807) is 6.26 Å². The number of aryl methyl sites for hydroxylation is 1. The normalized spacial score (nSPS) is 21.5. The van der Waals surface area contributed by atoms with Crippen molar-refractivity contribution in [3.8, 4) is 0 Å². The van der Waals surface area contributed by atoms with E-state index in [2.05, 4.69) is 43.1 Å². The van der Waals surface area contributed by atoms with Gasteiger partial charge in [0.05, 0.1) is 12.7 Å². The van der Waals surface area contributed by atoms with Crippen molar-refractivity contribution in [3.63, 3.8) is 0 Å². The van der Waals surface area contributed by atoms with Crippen molar-refractivity contribution < 1.29 is 9.21 Å². The summed E-state index contributed by atoms with van der Waals surface area (Å²) < 4.78 is 5.76. The molecule has 27 heavy (non-hydrogen) atoms. The molecular weight excluding hydrogens is 338 g/mol. The van der Waals surface area contributed by atoms with Crippen LogP contribution in [0.25, 0.3) is 11.0 Å². The molecule has 0 spiro atoms. The van der Waals surface area contributed by atoms with Crippen LogP contribution < -0.4 is 5.32 Å². The minimum atomic E-state index is 0.224. The van der Waals surface area contributed by atoms with Crippen LogP contribution in [0.5, 0.6) is 0 Å². The van der Waals surface area contributed by atoms with E-state index >= 15 is 0 Å². The van der Waals surface area contributed by atoms with Gasteiger partial charge in [0, 0.05) is 56.3 Å². The fraction of sp³-hybridized carbons (Fsp3) is 0.591. The molecule has 2 aromatic rings. The van der Waals surface area contributed by atoms with Gasteiger partial charge in [0.15, 0.2) is 0 Å². The van der Waals surface area contributed by atoms with Gasteiger partial charge >= 0.3 is 0 Å². The molecule has 4 rings (SSSR count). The van der Waals surface area contributed by atoms with Gasteiger partial charge in [0.2, 0.25) is 5.91 Å². The first kappa shape index (κ1) is 18.5. The topological polar surface area (TPSA) is 48.7 Å². The average Bonchev–Trinajstić information content (AvgIpc) is 3.29. The number of rotatable bonds is 4. The minimum absolute atomic E-state index is 0.224. The number of carbonyl (C=O) groups excluding carboxylic acids is 1. The molecule has 1 unspecified atom stereocenters. The number of nitrogens with zero attached hydrogens (tertiary/aromatic N) is 2. The molecule has 2 fully saturated rings. The highest BCUT2D eigenvalue weighted by Gasteiger charge is 2.31. The summed E-state index contributed by atoms with van der Waals surface area (Å²) in [5, 5.41) is 4.50. The van der Waals surface area contributed by atoms with E-state index < -0.39 is 0 Å². The second-order valence-electron chi connectivity index (χ2n) is 8.37. The molecule has 0 aliphatic carbocycles. The van der Waals surface area contributed by atoms with E-state index in [0.29, 0.717) is 18.4 Å². The maximum Gasteiger partial charge on any atom is 0.227 e. The van der Waals surface area contributed by atoms with Crippen molar-refractivity contribution in [1.82, 2.24) is 15.1 Å². The molecule has 1 N–H and O–H groups in total. The van der Waals surface area contributed by atoms with E-state index in [9.17, 15) is 4.79 Å². The Morgan fingerprint density at radius 3 is 2.78 bits per heavy atom. The first-order valence-corrected chi connectivity index (χ1v) is 10.3. The Morgan fingerprint density at radius 1 is 1.26 bits per heavy atom. The van der Waals surface area contributed by atoms with Crippen LogP contribution >= 0.6 is 0 Å². The number of fused-ring (bicyclic) bond motifs is 1. The molecule has 1 aromatic carbocycles. The van der Waals surface area contributed by atoms with E-state index in [0.717, 1.165) is 62.2 Å². The van der Waals surface area contributed by atoms with E-state index in [4.69, 9.17) is 4.42 Å². The van der Waals surface area contributed by atoms with Crippen molar-refractivity contribution in [1.29, 1.82) is 0 Å². The first-order chi connectivity index (χ1) is 13.0. The zero-order chi connectivity index (χ0) is 19.0. The van der Waals surface area contributed by atoms with E-state index in [-0.39, 0.29) is 5.91 Å². The highest BCUT2D eigenvalue weighted by Crippen LogP contribution is 2.29. The zero-order valence-corrected chi connectivity index (χ0v) is 16.8. The van der Waals surface area contributed by atoms with E-state index in [1.807, 2.05) is 4.90 Å². The predicted octanol–water partition coefficient (Wildman–Crippen LogP) is 2.91. The number of piperazine rings is 1. The van der Waals surface area contributed by atoms with Gasteiger partial charge < -0.3 is 14.6 Å².